The van der Waals surface area contributed by atoms with E-state index >= 15 is 0 Å². The summed E-state index contributed by atoms with van der Waals surface area (Å²) in [5.41, 5.74) is 6.05. The summed E-state index contributed by atoms with van der Waals surface area (Å²) in [5, 5.41) is 0. The maximum atomic E-state index is 12.7. The summed E-state index contributed by atoms with van der Waals surface area (Å²) in [6.07, 6.45) is 4.07. The number of carbonyl (C=O) groups is 1. The topological polar surface area (TPSA) is 84.6 Å². The fraction of sp³-hybridized carbons (Fsp3) is 0.667. The molecule has 0 spiro atoms. The molecule has 1 aromatic heterocycles. The lowest BCUT2D eigenvalue weighted by Crippen LogP contribution is -2.47. The summed E-state index contributed by atoms with van der Waals surface area (Å²) in [6, 6.07) is 0.399. The second kappa shape index (κ2) is 6.58. The van der Waals surface area contributed by atoms with Crippen LogP contribution in [0.1, 0.15) is 23.8 Å². The number of ether oxygens (including phenoxy) is 1. The van der Waals surface area contributed by atoms with Crippen LogP contribution < -0.4 is 5.73 Å². The lowest BCUT2D eigenvalue weighted by atomic mass is 9.99. The minimum absolute atomic E-state index is 0.111. The Labute approximate surface area is 130 Å². The highest BCUT2D eigenvalue weighted by Crippen LogP contribution is 2.27. The third kappa shape index (κ3) is 2.91. The summed E-state index contributed by atoms with van der Waals surface area (Å²) >= 11 is 0. The average Bonchev–Trinajstić information content (AvgIpc) is 3.00. The van der Waals surface area contributed by atoms with E-state index in [0.717, 1.165) is 45.8 Å². The van der Waals surface area contributed by atoms with E-state index in [-0.39, 0.29) is 17.4 Å². The summed E-state index contributed by atoms with van der Waals surface area (Å²) < 4.78 is 5.43. The molecular formula is C15H23N5O2. The Morgan fingerprint density at radius 3 is 2.73 bits per heavy atom. The number of hydrogen-bond donors (Lipinski definition) is 1. The summed E-state index contributed by atoms with van der Waals surface area (Å²) in [4.78, 5) is 25.0. The Hall–Kier alpha value is -1.73. The number of morpholine rings is 1. The number of likely N-dealkylation sites (tertiary alicyclic amines) is 1. The lowest BCUT2D eigenvalue weighted by Gasteiger charge is -2.34. The molecule has 0 saturated carbocycles. The van der Waals surface area contributed by atoms with Gasteiger partial charge < -0.3 is 15.4 Å². The second-order valence-electron chi connectivity index (χ2n) is 5.88. The van der Waals surface area contributed by atoms with Crippen LogP contribution in [-0.4, -0.2) is 71.1 Å². The number of nitrogens with two attached hydrogens (primary N) is 1. The van der Waals surface area contributed by atoms with Crippen LogP contribution in [0.15, 0.2) is 12.4 Å². The van der Waals surface area contributed by atoms with Gasteiger partial charge in [-0.1, -0.05) is 13.3 Å². The van der Waals surface area contributed by atoms with Crippen molar-refractivity contribution >= 4 is 11.7 Å². The van der Waals surface area contributed by atoms with E-state index in [1.54, 1.807) is 0 Å². The standard InChI is InChI=1S/C15H23N5O2/c1-2-11-9-20(10-12(11)19-5-7-22-8-6-19)15(21)13-14(16)18-4-3-17-13/h3-4,11-12H,2,5-10H2,1H3,(H2,16,18)/t11-,12-/m1/s1. The lowest BCUT2D eigenvalue weighted by molar-refractivity contribution is 0.0102. The molecule has 22 heavy (non-hydrogen) atoms. The maximum Gasteiger partial charge on any atom is 0.276 e. The highest BCUT2D eigenvalue weighted by atomic mass is 16.5. The van der Waals surface area contributed by atoms with E-state index in [2.05, 4.69) is 21.8 Å². The Morgan fingerprint density at radius 2 is 2.05 bits per heavy atom. The molecule has 0 bridgehead atoms. The highest BCUT2D eigenvalue weighted by Gasteiger charge is 2.39. The monoisotopic (exact) mass is 305 g/mol. The van der Waals surface area contributed by atoms with Crippen molar-refractivity contribution in [1.82, 2.24) is 19.8 Å². The van der Waals surface area contributed by atoms with Crippen molar-refractivity contribution in [2.75, 3.05) is 45.1 Å². The first kappa shape index (κ1) is 15.2. The predicted molar refractivity (Wildman–Crippen MR) is 82.3 cm³/mol. The number of anilines is 1. The van der Waals surface area contributed by atoms with Gasteiger partial charge >= 0.3 is 0 Å². The number of nitrogens with zero attached hydrogens (tertiary/aromatic N) is 4. The van der Waals surface area contributed by atoms with Crippen LogP contribution in [0.2, 0.25) is 0 Å². The summed E-state index contributed by atoms with van der Waals surface area (Å²) in [6.45, 7) is 7.10. The maximum absolute atomic E-state index is 12.7. The van der Waals surface area contributed by atoms with E-state index in [4.69, 9.17) is 10.5 Å². The fourth-order valence-electron chi connectivity index (χ4n) is 3.41. The van der Waals surface area contributed by atoms with E-state index in [0.29, 0.717) is 12.0 Å². The van der Waals surface area contributed by atoms with E-state index in [1.165, 1.54) is 12.4 Å². The van der Waals surface area contributed by atoms with Crippen molar-refractivity contribution in [3.63, 3.8) is 0 Å². The van der Waals surface area contributed by atoms with Gasteiger partial charge in [0.15, 0.2) is 11.5 Å². The van der Waals surface area contributed by atoms with Gasteiger partial charge in [-0.2, -0.15) is 0 Å². The van der Waals surface area contributed by atoms with Gasteiger partial charge in [0.2, 0.25) is 0 Å². The van der Waals surface area contributed by atoms with E-state index < -0.39 is 0 Å². The fourth-order valence-corrected chi connectivity index (χ4v) is 3.41. The molecule has 3 heterocycles. The van der Waals surface area contributed by atoms with Gasteiger partial charge in [0, 0.05) is 44.6 Å². The average molecular weight is 305 g/mol. The van der Waals surface area contributed by atoms with Crippen molar-refractivity contribution in [3.05, 3.63) is 18.1 Å². The molecule has 2 atom stereocenters. The number of carbonyl (C=O) groups excluding carboxylic acids is 1. The third-order valence-corrected chi connectivity index (χ3v) is 4.66. The number of aromatic nitrogens is 2. The third-order valence-electron chi connectivity index (χ3n) is 4.66. The molecule has 0 unspecified atom stereocenters. The van der Waals surface area contributed by atoms with Crippen molar-refractivity contribution in [2.24, 2.45) is 5.92 Å². The molecular weight excluding hydrogens is 282 g/mol. The Kier molecular flexibility index (Phi) is 4.54. The van der Waals surface area contributed by atoms with Crippen LogP contribution in [0.5, 0.6) is 0 Å². The molecule has 2 aliphatic heterocycles. The SMILES string of the molecule is CC[C@@H]1CN(C(=O)c2nccnc2N)C[C@H]1N1CCOCC1. The van der Waals surface area contributed by atoms with Gasteiger partial charge in [-0.05, 0) is 5.92 Å². The van der Waals surface area contributed by atoms with Crippen molar-refractivity contribution in [1.29, 1.82) is 0 Å². The second-order valence-corrected chi connectivity index (χ2v) is 5.88. The molecule has 7 nitrogen and oxygen atoms in total. The van der Waals surface area contributed by atoms with Gasteiger partial charge in [0.05, 0.1) is 13.2 Å². The number of nitrogen functional groups attached to an aromatic ring is 1. The zero-order chi connectivity index (χ0) is 15.5. The Balaban J connectivity index is 1.73. The molecule has 3 rings (SSSR count). The van der Waals surface area contributed by atoms with Crippen LogP contribution in [0.4, 0.5) is 5.82 Å². The van der Waals surface area contributed by atoms with Crippen LogP contribution in [0, 0.1) is 5.92 Å². The normalized spacial score (nSPS) is 26.3. The number of amides is 1. The highest BCUT2D eigenvalue weighted by molar-refractivity contribution is 5.96. The van der Waals surface area contributed by atoms with Crippen molar-refractivity contribution in [3.8, 4) is 0 Å². The Morgan fingerprint density at radius 1 is 1.32 bits per heavy atom. The van der Waals surface area contributed by atoms with Gasteiger partial charge in [0.25, 0.3) is 5.91 Å². The molecule has 7 heteroatoms. The molecule has 0 radical (unpaired) electrons. The summed E-state index contributed by atoms with van der Waals surface area (Å²) in [7, 11) is 0. The molecule has 0 aromatic carbocycles. The number of hydrogen-bond acceptors (Lipinski definition) is 6. The molecule has 2 aliphatic rings. The van der Waals surface area contributed by atoms with Crippen molar-refractivity contribution in [2.45, 2.75) is 19.4 Å². The molecule has 2 saturated heterocycles. The predicted octanol–water partition coefficient (Wildman–Crippen LogP) is 0.242. The summed E-state index contributed by atoms with van der Waals surface area (Å²) in [5.74, 6) is 0.579. The smallest absolute Gasteiger partial charge is 0.276 e. The van der Waals surface area contributed by atoms with Gasteiger partial charge in [-0.15, -0.1) is 0 Å². The molecule has 0 aliphatic carbocycles. The van der Waals surface area contributed by atoms with Crippen LogP contribution >= 0.6 is 0 Å². The Bertz CT molecular complexity index is 532. The molecule has 120 valence electrons. The van der Waals surface area contributed by atoms with Gasteiger partial charge in [0.1, 0.15) is 0 Å². The zero-order valence-electron chi connectivity index (χ0n) is 12.9. The van der Waals surface area contributed by atoms with E-state index in [1.807, 2.05) is 4.90 Å². The number of rotatable bonds is 3. The minimum Gasteiger partial charge on any atom is -0.382 e. The van der Waals surface area contributed by atoms with E-state index in [9.17, 15) is 4.79 Å². The zero-order valence-corrected chi connectivity index (χ0v) is 12.9. The van der Waals surface area contributed by atoms with Crippen LogP contribution in [0.25, 0.3) is 0 Å². The molecule has 2 fully saturated rings. The van der Waals surface area contributed by atoms with Crippen LogP contribution in [0.3, 0.4) is 0 Å². The molecule has 1 amide bonds. The minimum atomic E-state index is -0.111. The largest absolute Gasteiger partial charge is 0.382 e. The molecule has 1 aromatic rings. The van der Waals surface area contributed by atoms with Gasteiger partial charge in [-0.25, -0.2) is 9.97 Å². The van der Waals surface area contributed by atoms with Gasteiger partial charge in [-0.3, -0.25) is 9.69 Å². The first-order valence-corrected chi connectivity index (χ1v) is 7.88. The molecule has 2 N–H and O–H groups in total. The first-order valence-electron chi connectivity index (χ1n) is 7.88. The first-order chi connectivity index (χ1) is 10.7. The quantitative estimate of drug-likeness (QED) is 0.861. The van der Waals surface area contributed by atoms with Crippen molar-refractivity contribution < 1.29 is 9.53 Å². The van der Waals surface area contributed by atoms with Crippen LogP contribution in [-0.2, 0) is 4.74 Å².